The number of rotatable bonds is 2. The first kappa shape index (κ1) is 16.7. The van der Waals surface area contributed by atoms with Crippen molar-refractivity contribution in [3.05, 3.63) is 36.2 Å². The topological polar surface area (TPSA) is 54.2 Å². The molecule has 1 aromatic heterocycles. The zero-order valence-electron chi connectivity index (χ0n) is 12.2. The fourth-order valence-electron chi connectivity index (χ4n) is 2.12. The van der Waals surface area contributed by atoms with E-state index in [1.807, 2.05) is 0 Å². The minimum atomic E-state index is -0.558. The highest BCUT2D eigenvalue weighted by Gasteiger charge is 2.20. The normalized spacial score (nSPS) is 14.5. The number of aliphatic hydroxyl groups is 1. The first-order valence-corrected chi connectivity index (χ1v) is 8.12. The molecule has 0 atom stereocenters. The molecule has 1 fully saturated rings. The molecule has 1 aliphatic rings. The summed E-state index contributed by atoms with van der Waals surface area (Å²) in [5.74, 6) is 0.669. The van der Waals surface area contributed by atoms with Crippen molar-refractivity contribution >= 4 is 17.4 Å². The van der Waals surface area contributed by atoms with Gasteiger partial charge in [-0.15, -0.1) is 5.10 Å². The van der Waals surface area contributed by atoms with E-state index < -0.39 is 11.6 Å². The van der Waals surface area contributed by atoms with Crippen molar-refractivity contribution in [2.45, 2.75) is 6.92 Å². The van der Waals surface area contributed by atoms with Crippen LogP contribution in [0.4, 0.5) is 14.5 Å². The Balaban J connectivity index is 0.000000545. The quantitative estimate of drug-likeness (QED) is 0.915. The van der Waals surface area contributed by atoms with E-state index in [1.165, 1.54) is 23.0 Å². The number of thioether (sulfide) groups is 1. The van der Waals surface area contributed by atoms with Crippen molar-refractivity contribution in [2.24, 2.45) is 0 Å². The second-order valence-electron chi connectivity index (χ2n) is 4.52. The summed E-state index contributed by atoms with van der Waals surface area (Å²) in [6.45, 7) is 3.27. The fraction of sp³-hybridized carbons (Fsp3) is 0.429. The molecule has 22 heavy (non-hydrogen) atoms. The van der Waals surface area contributed by atoms with Gasteiger partial charge in [-0.2, -0.15) is 11.8 Å². The molecule has 1 saturated heterocycles. The van der Waals surface area contributed by atoms with E-state index in [1.54, 1.807) is 29.8 Å². The van der Waals surface area contributed by atoms with Crippen LogP contribution in [0, 0.1) is 11.6 Å². The summed E-state index contributed by atoms with van der Waals surface area (Å²) in [6.07, 6.45) is 3.01. The maximum atomic E-state index is 14.1. The van der Waals surface area contributed by atoms with Gasteiger partial charge in [-0.1, -0.05) is 5.21 Å². The van der Waals surface area contributed by atoms with E-state index in [2.05, 4.69) is 10.3 Å². The number of anilines is 1. The average Bonchev–Trinajstić information content (AvgIpc) is 3.02. The largest absolute Gasteiger partial charge is 0.397 e. The van der Waals surface area contributed by atoms with Crippen molar-refractivity contribution in [1.82, 2.24) is 15.0 Å². The molecule has 120 valence electrons. The summed E-state index contributed by atoms with van der Waals surface area (Å²) < 4.78 is 29.6. The summed E-state index contributed by atoms with van der Waals surface area (Å²) in [5.41, 5.74) is 0.395. The Bertz CT molecular complexity index is 566. The van der Waals surface area contributed by atoms with Crippen molar-refractivity contribution in [2.75, 3.05) is 36.1 Å². The molecule has 5 nitrogen and oxygen atoms in total. The van der Waals surface area contributed by atoms with Crippen LogP contribution in [0.2, 0.25) is 0 Å². The maximum absolute atomic E-state index is 14.1. The van der Waals surface area contributed by atoms with E-state index in [0.29, 0.717) is 18.8 Å². The molecule has 2 heterocycles. The summed E-state index contributed by atoms with van der Waals surface area (Å²) in [4.78, 5) is 1.76. The Hall–Kier alpha value is -1.67. The van der Waals surface area contributed by atoms with Crippen LogP contribution in [0.1, 0.15) is 6.92 Å². The average molecular weight is 328 g/mol. The molecule has 8 heteroatoms. The lowest BCUT2D eigenvalue weighted by atomic mass is 10.2. The number of aliphatic hydroxyl groups excluding tert-OH is 1. The van der Waals surface area contributed by atoms with Gasteiger partial charge in [0.2, 0.25) is 0 Å². The Morgan fingerprint density at radius 2 is 1.82 bits per heavy atom. The summed E-state index contributed by atoms with van der Waals surface area (Å²) in [6, 6.07) is 2.57. The van der Waals surface area contributed by atoms with Crippen molar-refractivity contribution in [1.29, 1.82) is 0 Å². The van der Waals surface area contributed by atoms with Gasteiger partial charge in [0.1, 0.15) is 5.69 Å². The molecule has 2 aromatic rings. The molecule has 1 aromatic carbocycles. The Morgan fingerprint density at radius 1 is 1.23 bits per heavy atom. The zero-order chi connectivity index (χ0) is 15.9. The van der Waals surface area contributed by atoms with E-state index in [-0.39, 0.29) is 12.3 Å². The Labute approximate surface area is 131 Å². The molecule has 1 aliphatic heterocycles. The van der Waals surface area contributed by atoms with Gasteiger partial charge in [0, 0.05) is 43.3 Å². The van der Waals surface area contributed by atoms with Gasteiger partial charge < -0.3 is 10.0 Å². The van der Waals surface area contributed by atoms with Crippen LogP contribution in [0.15, 0.2) is 24.5 Å². The van der Waals surface area contributed by atoms with Gasteiger partial charge in [0.25, 0.3) is 0 Å². The number of hydrogen-bond acceptors (Lipinski definition) is 5. The molecule has 1 N–H and O–H groups in total. The van der Waals surface area contributed by atoms with Crippen LogP contribution in [0.25, 0.3) is 5.69 Å². The van der Waals surface area contributed by atoms with Crippen LogP contribution in [-0.2, 0) is 0 Å². The minimum Gasteiger partial charge on any atom is -0.397 e. The van der Waals surface area contributed by atoms with E-state index >= 15 is 0 Å². The number of hydrogen-bond donors (Lipinski definition) is 1. The fourth-order valence-corrected chi connectivity index (χ4v) is 3.02. The van der Waals surface area contributed by atoms with E-state index in [4.69, 9.17) is 5.11 Å². The number of halogens is 2. The van der Waals surface area contributed by atoms with Gasteiger partial charge in [-0.25, -0.2) is 13.5 Å². The summed E-state index contributed by atoms with van der Waals surface area (Å²) >= 11 is 1.80. The van der Waals surface area contributed by atoms with Crippen molar-refractivity contribution < 1.29 is 13.9 Å². The number of benzene rings is 1. The molecule has 0 bridgehead atoms. The Morgan fingerprint density at radius 3 is 2.32 bits per heavy atom. The standard InChI is InChI=1S/C12H12F2N4S.C2H6O/c13-10-7-9(18-2-1-15-16-18)8-11(14)12(10)17-3-5-19-6-4-17;1-2-3/h1-2,7-8H,3-6H2;3H,2H2,1H3. The lowest BCUT2D eigenvalue weighted by molar-refractivity contribution is 0.318. The highest BCUT2D eigenvalue weighted by Crippen LogP contribution is 2.28. The van der Waals surface area contributed by atoms with Crippen LogP contribution in [0.5, 0.6) is 0 Å². The molecular formula is C14H18F2N4OS. The second kappa shape index (κ2) is 8.09. The van der Waals surface area contributed by atoms with Crippen LogP contribution >= 0.6 is 11.8 Å². The predicted molar refractivity (Wildman–Crippen MR) is 83.6 cm³/mol. The third-order valence-corrected chi connectivity index (χ3v) is 3.96. The van der Waals surface area contributed by atoms with Crippen LogP contribution < -0.4 is 4.90 Å². The van der Waals surface area contributed by atoms with E-state index in [0.717, 1.165) is 11.5 Å². The van der Waals surface area contributed by atoms with Gasteiger partial charge in [-0.3, -0.25) is 0 Å². The Kier molecular flexibility index (Phi) is 6.14. The lowest BCUT2D eigenvalue weighted by Crippen LogP contribution is -2.33. The molecule has 0 unspecified atom stereocenters. The predicted octanol–water partition coefficient (Wildman–Crippen LogP) is 2.10. The summed E-state index contributed by atoms with van der Waals surface area (Å²) in [7, 11) is 0. The monoisotopic (exact) mass is 328 g/mol. The van der Waals surface area contributed by atoms with Gasteiger partial charge >= 0.3 is 0 Å². The number of nitrogens with zero attached hydrogens (tertiary/aromatic N) is 4. The highest BCUT2D eigenvalue weighted by molar-refractivity contribution is 7.99. The van der Waals surface area contributed by atoms with Crippen molar-refractivity contribution in [3.63, 3.8) is 0 Å². The molecule has 0 spiro atoms. The minimum absolute atomic E-state index is 0.0594. The van der Waals surface area contributed by atoms with Gasteiger partial charge in [-0.05, 0) is 6.92 Å². The van der Waals surface area contributed by atoms with Crippen LogP contribution in [-0.4, -0.2) is 51.3 Å². The SMILES string of the molecule is CCO.Fc1cc(-n2ccnn2)cc(F)c1N1CCSCC1. The molecule has 0 radical (unpaired) electrons. The third-order valence-electron chi connectivity index (χ3n) is 3.02. The third kappa shape index (κ3) is 3.95. The smallest absolute Gasteiger partial charge is 0.151 e. The van der Waals surface area contributed by atoms with Crippen LogP contribution in [0.3, 0.4) is 0 Å². The highest BCUT2D eigenvalue weighted by atomic mass is 32.2. The molecule has 0 saturated carbocycles. The molecule has 0 aliphatic carbocycles. The first-order valence-electron chi connectivity index (χ1n) is 6.96. The molecular weight excluding hydrogens is 310 g/mol. The first-order chi connectivity index (χ1) is 10.7. The second-order valence-corrected chi connectivity index (χ2v) is 5.75. The number of aromatic nitrogens is 3. The molecule has 3 rings (SSSR count). The maximum Gasteiger partial charge on any atom is 0.151 e. The molecule has 0 amide bonds. The van der Waals surface area contributed by atoms with Crippen molar-refractivity contribution in [3.8, 4) is 5.69 Å². The van der Waals surface area contributed by atoms with E-state index in [9.17, 15) is 8.78 Å². The lowest BCUT2D eigenvalue weighted by Gasteiger charge is -2.29. The summed E-state index contributed by atoms with van der Waals surface area (Å²) in [5, 5.41) is 14.9. The van der Waals surface area contributed by atoms with Gasteiger partial charge in [0.05, 0.1) is 18.1 Å². The van der Waals surface area contributed by atoms with Gasteiger partial charge in [0.15, 0.2) is 11.6 Å². The zero-order valence-corrected chi connectivity index (χ0v) is 13.1.